The second-order valence-electron chi connectivity index (χ2n) is 8.32. The van der Waals surface area contributed by atoms with Gasteiger partial charge in [-0.3, -0.25) is 14.7 Å². The Bertz CT molecular complexity index is 1460. The molecule has 9 nitrogen and oxygen atoms in total. The normalized spacial score (nSPS) is 14.1. The highest BCUT2D eigenvalue weighted by molar-refractivity contribution is 6.06. The molecule has 1 aliphatic heterocycles. The highest BCUT2D eigenvalue weighted by atomic mass is 19.4. The van der Waals surface area contributed by atoms with E-state index in [1.165, 1.54) is 24.4 Å². The number of nitrogens with zero attached hydrogens (tertiary/aromatic N) is 4. The lowest BCUT2D eigenvalue weighted by Crippen LogP contribution is -2.24. The minimum absolute atomic E-state index is 0.0681. The zero-order valence-electron chi connectivity index (χ0n) is 20.5. The Kier molecular flexibility index (Phi) is 7.88. The van der Waals surface area contributed by atoms with Crippen molar-refractivity contribution in [2.75, 3.05) is 25.5 Å². The molecule has 1 aromatic heterocycles. The van der Waals surface area contributed by atoms with Crippen LogP contribution in [0.1, 0.15) is 27.2 Å². The van der Waals surface area contributed by atoms with E-state index < -0.39 is 40.7 Å². The Hall–Kier alpha value is -4.81. The van der Waals surface area contributed by atoms with Crippen LogP contribution in [0.5, 0.6) is 0 Å². The fourth-order valence-corrected chi connectivity index (χ4v) is 3.80. The number of amides is 2. The van der Waals surface area contributed by atoms with Gasteiger partial charge in [-0.1, -0.05) is 30.3 Å². The van der Waals surface area contributed by atoms with Crippen molar-refractivity contribution in [3.8, 4) is 11.3 Å². The molecule has 0 radical (unpaired) electrons. The van der Waals surface area contributed by atoms with E-state index in [4.69, 9.17) is 10.5 Å². The van der Waals surface area contributed by atoms with Gasteiger partial charge in [-0.25, -0.2) is 19.2 Å². The summed E-state index contributed by atoms with van der Waals surface area (Å²) in [7, 11) is 1.39. The second kappa shape index (κ2) is 11.3. The maximum absolute atomic E-state index is 14.8. The molecule has 1 fully saturated rings. The number of ether oxygens (including phenoxy) is 1. The fraction of sp³-hybridized carbons (Fsp3) is 0.192. The first kappa shape index (κ1) is 27.2. The van der Waals surface area contributed by atoms with Crippen molar-refractivity contribution in [1.29, 1.82) is 0 Å². The Morgan fingerprint density at radius 1 is 1.23 bits per heavy atom. The minimum Gasteiger partial charge on any atom is -0.448 e. The van der Waals surface area contributed by atoms with Gasteiger partial charge in [0.15, 0.2) is 5.82 Å². The maximum Gasteiger partial charge on any atom is 0.417 e. The summed E-state index contributed by atoms with van der Waals surface area (Å²) in [6.07, 6.45) is -1.83. The highest BCUT2D eigenvalue weighted by Gasteiger charge is 2.36. The number of carbonyl (C=O) groups is 2. The van der Waals surface area contributed by atoms with E-state index in [1.54, 1.807) is 30.3 Å². The monoisotopic (exact) mass is 542 g/mol. The largest absolute Gasteiger partial charge is 0.448 e. The molecule has 13 heteroatoms. The molecule has 0 saturated carbocycles. The Morgan fingerprint density at radius 3 is 2.62 bits per heavy atom. The van der Waals surface area contributed by atoms with E-state index in [9.17, 15) is 27.2 Å². The molecule has 4 rings (SSSR count). The summed E-state index contributed by atoms with van der Waals surface area (Å²) in [6, 6.07) is 9.56. The summed E-state index contributed by atoms with van der Waals surface area (Å²) in [5.41, 5.74) is 3.97. The Morgan fingerprint density at radius 2 is 1.97 bits per heavy atom. The number of cyclic esters (lactones) is 1. The summed E-state index contributed by atoms with van der Waals surface area (Å²) in [6.45, 7) is 0.720. The number of halogens is 4. The van der Waals surface area contributed by atoms with Crippen molar-refractivity contribution in [1.82, 2.24) is 14.9 Å². The van der Waals surface area contributed by atoms with Crippen LogP contribution in [0.3, 0.4) is 0 Å². The fourth-order valence-electron chi connectivity index (χ4n) is 3.80. The van der Waals surface area contributed by atoms with Crippen LogP contribution in [0, 0.1) is 5.82 Å². The average molecular weight is 542 g/mol. The van der Waals surface area contributed by atoms with Gasteiger partial charge >= 0.3 is 12.3 Å². The van der Waals surface area contributed by atoms with Crippen LogP contribution in [0.4, 0.5) is 28.2 Å². The maximum atomic E-state index is 14.8. The third kappa shape index (κ3) is 6.20. The molecule has 0 bridgehead atoms. The Balaban J connectivity index is 1.72. The lowest BCUT2D eigenvalue weighted by Gasteiger charge is -2.17. The number of nitrogens with one attached hydrogen (secondary N) is 1. The molecule has 0 spiro atoms. The van der Waals surface area contributed by atoms with Gasteiger partial charge in [0.1, 0.15) is 18.1 Å². The second-order valence-corrected chi connectivity index (χ2v) is 8.32. The quantitative estimate of drug-likeness (QED) is 0.335. The van der Waals surface area contributed by atoms with Crippen molar-refractivity contribution in [2.45, 2.75) is 12.7 Å². The summed E-state index contributed by atoms with van der Waals surface area (Å²) >= 11 is 0. The van der Waals surface area contributed by atoms with Crippen LogP contribution in [-0.2, 0) is 17.5 Å². The van der Waals surface area contributed by atoms with Gasteiger partial charge in [-0.05, 0) is 18.2 Å². The van der Waals surface area contributed by atoms with Crippen LogP contribution in [0.2, 0.25) is 0 Å². The molecule has 0 unspecified atom stereocenters. The number of hydrogen-bond acceptors (Lipinski definition) is 7. The van der Waals surface area contributed by atoms with E-state index in [1.807, 2.05) is 0 Å². The van der Waals surface area contributed by atoms with Gasteiger partial charge in [0.2, 0.25) is 0 Å². The van der Waals surface area contributed by atoms with E-state index in [0.29, 0.717) is 17.8 Å². The van der Waals surface area contributed by atoms with Gasteiger partial charge in [0.25, 0.3) is 5.91 Å². The molecule has 2 amide bonds. The molecule has 0 aliphatic carbocycles. The predicted molar refractivity (Wildman–Crippen MR) is 135 cm³/mol. The lowest BCUT2D eigenvalue weighted by atomic mass is 9.99. The SMILES string of the molecule is CN=CC=C(N)c1cc(C(=O)Nc2ncc(CN3CCOC3=O)nc2-c2ccccc2)c(F)cc1C(F)(F)F. The number of alkyl halides is 3. The number of allylic oxidation sites excluding steroid dienone is 1. The summed E-state index contributed by atoms with van der Waals surface area (Å²) < 4.78 is 60.6. The van der Waals surface area contributed by atoms with Gasteiger partial charge in [-0.2, -0.15) is 13.2 Å². The number of aromatic nitrogens is 2. The van der Waals surface area contributed by atoms with Crippen LogP contribution >= 0.6 is 0 Å². The van der Waals surface area contributed by atoms with Crippen LogP contribution < -0.4 is 11.1 Å². The van der Waals surface area contributed by atoms with Crippen LogP contribution in [0.15, 0.2) is 59.7 Å². The molecule has 0 atom stereocenters. The molecule has 3 aromatic rings. The van der Waals surface area contributed by atoms with Crippen molar-refractivity contribution in [3.63, 3.8) is 0 Å². The van der Waals surface area contributed by atoms with Crippen molar-refractivity contribution >= 4 is 29.7 Å². The van der Waals surface area contributed by atoms with E-state index in [-0.39, 0.29) is 36.4 Å². The number of hydrogen-bond donors (Lipinski definition) is 2. The minimum atomic E-state index is -4.93. The van der Waals surface area contributed by atoms with Gasteiger partial charge in [0.05, 0.1) is 36.1 Å². The van der Waals surface area contributed by atoms with E-state index in [0.717, 1.165) is 12.1 Å². The molecule has 202 valence electrons. The van der Waals surface area contributed by atoms with Crippen molar-refractivity contribution in [3.05, 3.63) is 82.9 Å². The van der Waals surface area contributed by atoms with Crippen LogP contribution in [-0.4, -0.2) is 53.3 Å². The van der Waals surface area contributed by atoms with E-state index in [2.05, 4.69) is 20.3 Å². The molecule has 2 aromatic carbocycles. The molecule has 2 heterocycles. The Labute approximate surface area is 220 Å². The first-order valence-corrected chi connectivity index (χ1v) is 11.5. The summed E-state index contributed by atoms with van der Waals surface area (Å²) in [4.78, 5) is 38.8. The zero-order chi connectivity index (χ0) is 28.2. The topological polar surface area (TPSA) is 123 Å². The molecule has 39 heavy (non-hydrogen) atoms. The van der Waals surface area contributed by atoms with Gasteiger partial charge in [0, 0.05) is 30.1 Å². The predicted octanol–water partition coefficient (Wildman–Crippen LogP) is 4.51. The third-order valence-corrected chi connectivity index (χ3v) is 5.67. The molecular weight excluding hydrogens is 520 g/mol. The smallest absolute Gasteiger partial charge is 0.417 e. The number of benzene rings is 2. The van der Waals surface area contributed by atoms with E-state index >= 15 is 0 Å². The molecule has 1 saturated heterocycles. The molecule has 1 aliphatic rings. The number of rotatable bonds is 7. The van der Waals surface area contributed by atoms with Gasteiger partial charge < -0.3 is 15.8 Å². The molecular formula is C26H22F4N6O3. The number of nitrogens with two attached hydrogens (primary N) is 1. The molecule has 3 N–H and O–H groups in total. The van der Waals surface area contributed by atoms with Crippen molar-refractivity contribution < 1.29 is 31.9 Å². The van der Waals surface area contributed by atoms with Gasteiger partial charge in [-0.15, -0.1) is 0 Å². The first-order chi connectivity index (χ1) is 18.6. The highest BCUT2D eigenvalue weighted by Crippen LogP contribution is 2.36. The third-order valence-electron chi connectivity index (χ3n) is 5.67. The number of anilines is 1. The zero-order valence-corrected chi connectivity index (χ0v) is 20.5. The summed E-state index contributed by atoms with van der Waals surface area (Å²) in [5.74, 6) is -2.54. The lowest BCUT2D eigenvalue weighted by molar-refractivity contribution is -0.138. The average Bonchev–Trinajstić information content (AvgIpc) is 3.31. The summed E-state index contributed by atoms with van der Waals surface area (Å²) in [5, 5.41) is 2.44. The first-order valence-electron chi connectivity index (χ1n) is 11.5. The van der Waals surface area contributed by atoms with Crippen LogP contribution in [0.25, 0.3) is 17.0 Å². The number of aliphatic imine (C=N–C) groups is 1. The standard InChI is InChI=1S/C26H22F4N6O3/c1-32-8-7-21(31)17-11-18(20(27)12-19(17)26(28,29)30)24(37)35-23-22(15-5-3-2-4-6-15)34-16(13-33-23)14-36-9-10-39-25(36)38/h2-8,11-13H,9-10,14,31H2,1H3,(H,33,35,37). The van der Waals surface area contributed by atoms with Crippen molar-refractivity contribution in [2.24, 2.45) is 10.7 Å². The number of carbonyl (C=O) groups excluding carboxylic acids is 2.